The van der Waals surface area contributed by atoms with Crippen LogP contribution in [0.1, 0.15) is 33.6 Å². The van der Waals surface area contributed by atoms with Crippen molar-refractivity contribution in [1.82, 2.24) is 5.06 Å². The fraction of sp³-hybridized carbons (Fsp3) is 0.556. The molecular formula is C18H24N2O4. The van der Waals surface area contributed by atoms with Crippen molar-refractivity contribution in [2.24, 2.45) is 11.1 Å². The summed E-state index contributed by atoms with van der Waals surface area (Å²) in [6, 6.07) is 0. The Morgan fingerprint density at radius 1 is 1.42 bits per heavy atom. The first kappa shape index (κ1) is 17.1. The highest BCUT2D eigenvalue weighted by Gasteiger charge is 2.65. The smallest absolute Gasteiger partial charge is 0.260 e. The topological polar surface area (TPSA) is 92.9 Å². The van der Waals surface area contributed by atoms with Crippen LogP contribution in [-0.2, 0) is 14.4 Å². The van der Waals surface area contributed by atoms with Crippen molar-refractivity contribution in [2.75, 3.05) is 20.2 Å². The van der Waals surface area contributed by atoms with E-state index in [2.05, 4.69) is 0 Å². The predicted octanol–water partition coefficient (Wildman–Crippen LogP) is 1.02. The summed E-state index contributed by atoms with van der Waals surface area (Å²) in [6.07, 6.45) is 3.41. The molecule has 0 aliphatic heterocycles. The second kappa shape index (κ2) is 5.37. The first-order chi connectivity index (χ1) is 11.2. The lowest BCUT2D eigenvalue weighted by Crippen LogP contribution is -2.49. The van der Waals surface area contributed by atoms with Crippen LogP contribution in [0.5, 0.6) is 0 Å². The Kier molecular flexibility index (Phi) is 3.82. The number of allylic oxidation sites excluding steroid dienone is 2. The second-order valence-corrected chi connectivity index (χ2v) is 7.02. The molecule has 24 heavy (non-hydrogen) atoms. The number of nitrogens with zero attached hydrogens (tertiary/aromatic N) is 1. The lowest BCUT2D eigenvalue weighted by Gasteiger charge is -2.39. The Labute approximate surface area is 141 Å². The van der Waals surface area contributed by atoms with Crippen molar-refractivity contribution in [3.63, 3.8) is 0 Å². The van der Waals surface area contributed by atoms with Gasteiger partial charge in [0.05, 0.1) is 20.2 Å². The minimum absolute atomic E-state index is 0.143. The van der Waals surface area contributed by atoms with Crippen molar-refractivity contribution < 1.29 is 19.5 Å². The van der Waals surface area contributed by atoms with Gasteiger partial charge >= 0.3 is 0 Å². The quantitative estimate of drug-likeness (QED) is 0.750. The molecular weight excluding hydrogens is 308 g/mol. The van der Waals surface area contributed by atoms with Crippen LogP contribution in [0.2, 0.25) is 0 Å². The van der Waals surface area contributed by atoms with E-state index in [0.29, 0.717) is 5.57 Å². The molecule has 1 atom stereocenters. The summed E-state index contributed by atoms with van der Waals surface area (Å²) in [4.78, 5) is 29.9. The van der Waals surface area contributed by atoms with E-state index in [4.69, 9.17) is 10.6 Å². The van der Waals surface area contributed by atoms with Gasteiger partial charge in [0.1, 0.15) is 5.60 Å². The number of hydroxylamine groups is 2. The van der Waals surface area contributed by atoms with Crippen LogP contribution in [0, 0.1) is 5.41 Å². The number of ketones is 1. The average Bonchev–Trinajstić information content (AvgIpc) is 3.30. The average molecular weight is 332 g/mol. The van der Waals surface area contributed by atoms with Crippen molar-refractivity contribution in [3.05, 3.63) is 33.9 Å². The first-order valence-electron chi connectivity index (χ1n) is 8.16. The SMILES string of the molecule is CON(CC1=C(C)C=C2C(=O)[C@](C)(O)C3(CC3)C(C)=C21)C(=O)CN. The van der Waals surface area contributed by atoms with Gasteiger partial charge in [0.15, 0.2) is 5.78 Å². The minimum atomic E-state index is -1.36. The van der Waals surface area contributed by atoms with Crippen LogP contribution in [0.4, 0.5) is 0 Å². The summed E-state index contributed by atoms with van der Waals surface area (Å²) in [5, 5.41) is 12.0. The molecule has 1 amide bonds. The van der Waals surface area contributed by atoms with Gasteiger partial charge in [-0.25, -0.2) is 5.06 Å². The number of carbonyl (C=O) groups excluding carboxylic acids is 2. The molecule has 1 spiro atoms. The van der Waals surface area contributed by atoms with Crippen molar-refractivity contribution in [2.45, 2.75) is 39.2 Å². The lowest BCUT2D eigenvalue weighted by atomic mass is 9.67. The highest BCUT2D eigenvalue weighted by atomic mass is 16.7. The van der Waals surface area contributed by atoms with Gasteiger partial charge in [-0.05, 0) is 56.4 Å². The normalized spacial score (nSPS) is 27.6. The van der Waals surface area contributed by atoms with Gasteiger partial charge in [0, 0.05) is 11.0 Å². The third-order valence-electron chi connectivity index (χ3n) is 5.84. The molecule has 0 aromatic rings. The Bertz CT molecular complexity index is 723. The zero-order chi connectivity index (χ0) is 17.9. The summed E-state index contributed by atoms with van der Waals surface area (Å²) in [6.45, 7) is 5.60. The molecule has 3 N–H and O–H groups in total. The van der Waals surface area contributed by atoms with Crippen molar-refractivity contribution in [3.8, 4) is 0 Å². The van der Waals surface area contributed by atoms with E-state index in [0.717, 1.165) is 35.1 Å². The fourth-order valence-electron chi connectivity index (χ4n) is 4.12. The molecule has 0 heterocycles. The molecule has 3 rings (SSSR count). The van der Waals surface area contributed by atoms with Crippen LogP contribution >= 0.6 is 0 Å². The standard InChI is InChI=1S/C18H24N2O4/c1-10-7-12-15(13(10)9-20(24-4)14(21)8-19)11(2)18(5-6-18)17(3,23)16(12)22/h7,23H,5-6,8-9,19H2,1-4H3/t17-/m0/s1. The zero-order valence-corrected chi connectivity index (χ0v) is 14.6. The highest BCUT2D eigenvalue weighted by molar-refractivity contribution is 6.10. The monoisotopic (exact) mass is 332 g/mol. The molecule has 0 aromatic heterocycles. The van der Waals surface area contributed by atoms with Gasteiger partial charge < -0.3 is 10.8 Å². The van der Waals surface area contributed by atoms with Crippen molar-refractivity contribution in [1.29, 1.82) is 0 Å². The molecule has 1 saturated carbocycles. The van der Waals surface area contributed by atoms with E-state index < -0.39 is 11.0 Å². The van der Waals surface area contributed by atoms with Gasteiger partial charge in [0.2, 0.25) is 0 Å². The largest absolute Gasteiger partial charge is 0.381 e. The van der Waals surface area contributed by atoms with E-state index in [1.54, 1.807) is 13.0 Å². The lowest BCUT2D eigenvalue weighted by molar-refractivity contribution is -0.171. The number of carbonyl (C=O) groups is 2. The molecule has 0 unspecified atom stereocenters. The molecule has 6 heteroatoms. The zero-order valence-electron chi connectivity index (χ0n) is 14.6. The fourth-order valence-corrected chi connectivity index (χ4v) is 4.12. The van der Waals surface area contributed by atoms with E-state index in [1.165, 1.54) is 12.2 Å². The Hall–Kier alpha value is -1.76. The summed E-state index contributed by atoms with van der Waals surface area (Å²) in [5.74, 6) is -0.552. The van der Waals surface area contributed by atoms with Crippen LogP contribution in [0.15, 0.2) is 33.9 Å². The molecule has 0 bridgehead atoms. The number of rotatable bonds is 4. The summed E-state index contributed by atoms with van der Waals surface area (Å²) in [7, 11) is 1.42. The first-order valence-corrected chi connectivity index (χ1v) is 8.16. The predicted molar refractivity (Wildman–Crippen MR) is 88.6 cm³/mol. The van der Waals surface area contributed by atoms with Crippen LogP contribution < -0.4 is 5.73 Å². The van der Waals surface area contributed by atoms with E-state index >= 15 is 0 Å². The van der Waals surface area contributed by atoms with Crippen LogP contribution in [0.3, 0.4) is 0 Å². The second-order valence-electron chi connectivity index (χ2n) is 7.02. The number of hydrogen-bond acceptors (Lipinski definition) is 5. The maximum atomic E-state index is 12.9. The number of nitrogens with two attached hydrogens (primary N) is 1. The molecule has 0 aromatic carbocycles. The van der Waals surface area contributed by atoms with Gasteiger partial charge in [-0.3, -0.25) is 14.4 Å². The number of amides is 1. The number of hydrogen-bond donors (Lipinski definition) is 2. The van der Waals surface area contributed by atoms with Gasteiger partial charge in [-0.1, -0.05) is 5.57 Å². The van der Waals surface area contributed by atoms with E-state index in [9.17, 15) is 14.7 Å². The van der Waals surface area contributed by atoms with Gasteiger partial charge in [0.25, 0.3) is 5.91 Å². The molecule has 1 fully saturated rings. The van der Waals surface area contributed by atoms with Crippen LogP contribution in [0.25, 0.3) is 0 Å². The maximum absolute atomic E-state index is 12.9. The van der Waals surface area contributed by atoms with Gasteiger partial charge in [-0.2, -0.15) is 0 Å². The van der Waals surface area contributed by atoms with Crippen molar-refractivity contribution >= 4 is 11.7 Å². The summed E-state index contributed by atoms with van der Waals surface area (Å²) < 4.78 is 0. The molecule has 6 nitrogen and oxygen atoms in total. The van der Waals surface area contributed by atoms with E-state index in [-0.39, 0.29) is 24.8 Å². The van der Waals surface area contributed by atoms with Gasteiger partial charge in [-0.15, -0.1) is 0 Å². The Morgan fingerprint density at radius 3 is 2.54 bits per heavy atom. The Morgan fingerprint density at radius 2 is 2.04 bits per heavy atom. The molecule has 0 radical (unpaired) electrons. The molecule has 3 aliphatic carbocycles. The molecule has 3 aliphatic rings. The number of fused-ring (bicyclic) bond motifs is 1. The summed E-state index contributed by atoms with van der Waals surface area (Å²) >= 11 is 0. The third kappa shape index (κ3) is 2.06. The highest BCUT2D eigenvalue weighted by Crippen LogP contribution is 2.64. The van der Waals surface area contributed by atoms with E-state index in [1.807, 2.05) is 13.8 Å². The third-order valence-corrected chi connectivity index (χ3v) is 5.84. The molecule has 130 valence electrons. The molecule has 0 saturated heterocycles. The summed E-state index contributed by atoms with van der Waals surface area (Å²) in [5.41, 5.74) is 7.83. The number of Topliss-reactive ketones (excluding diaryl/α,β-unsaturated/α-hetero) is 1. The minimum Gasteiger partial charge on any atom is -0.381 e. The Balaban J connectivity index is 2.05. The maximum Gasteiger partial charge on any atom is 0.260 e. The van der Waals surface area contributed by atoms with Crippen LogP contribution in [-0.4, -0.2) is 47.7 Å². The number of aliphatic hydroxyl groups is 1.